The largest absolute Gasteiger partial charge is 0.440 e. The predicted octanol–water partition coefficient (Wildman–Crippen LogP) is 5.29. The van der Waals surface area contributed by atoms with E-state index in [1.165, 1.54) is 0 Å². The maximum Gasteiger partial charge on any atom is 0.395 e. The van der Waals surface area contributed by atoms with Crippen LogP contribution in [0.5, 0.6) is 6.08 Å². The molecule has 0 spiro atoms. The minimum absolute atomic E-state index is 0.0740. The first-order chi connectivity index (χ1) is 12.3. The molecule has 6 heteroatoms. The van der Waals surface area contributed by atoms with E-state index in [0.29, 0.717) is 34.5 Å². The van der Waals surface area contributed by atoms with Gasteiger partial charge in [-0.05, 0) is 43.4 Å². The van der Waals surface area contributed by atoms with Gasteiger partial charge in [-0.15, -0.1) is 0 Å². The molecule has 2 aromatic rings. The van der Waals surface area contributed by atoms with Gasteiger partial charge < -0.3 is 14.1 Å². The quantitative estimate of drug-likeness (QED) is 0.625. The molecule has 0 aliphatic heterocycles. The summed E-state index contributed by atoms with van der Waals surface area (Å²) in [6, 6.07) is 5.14. The van der Waals surface area contributed by atoms with Crippen molar-refractivity contribution in [1.29, 1.82) is 0 Å². The summed E-state index contributed by atoms with van der Waals surface area (Å²) in [5.74, 6) is 0.721. The molecule has 26 heavy (non-hydrogen) atoms. The van der Waals surface area contributed by atoms with Crippen molar-refractivity contribution in [3.8, 4) is 6.08 Å². The second-order valence-electron chi connectivity index (χ2n) is 7.02. The third kappa shape index (κ3) is 5.49. The summed E-state index contributed by atoms with van der Waals surface area (Å²) in [6.07, 6.45) is 3.06. The fraction of sp³-hybridized carbons (Fsp3) is 0.500. The highest BCUT2D eigenvalue weighted by atomic mass is 35.5. The fourth-order valence-corrected chi connectivity index (χ4v) is 2.92. The molecule has 0 bridgehead atoms. The molecule has 1 aromatic heterocycles. The standard InChI is InChI=1S/C20H27ClN2O3/c1-6-23(16(9-13(2)3)10-14(4)5)19(24)12-25-20-22-17-11-15(21)7-8-18(17)26-20/h7-9,11,13-14H,6,10,12H2,1-5H3. The number of allylic oxidation sites excluding steroid dienone is 2. The first-order valence-corrected chi connectivity index (χ1v) is 9.37. The molecule has 0 saturated heterocycles. The van der Waals surface area contributed by atoms with E-state index in [-0.39, 0.29) is 18.6 Å². The van der Waals surface area contributed by atoms with Gasteiger partial charge in [-0.1, -0.05) is 45.4 Å². The van der Waals surface area contributed by atoms with Crippen LogP contribution in [0.4, 0.5) is 0 Å². The number of hydrogen-bond acceptors (Lipinski definition) is 4. The molecule has 0 saturated carbocycles. The highest BCUT2D eigenvalue weighted by molar-refractivity contribution is 6.31. The Morgan fingerprint density at radius 1 is 1.35 bits per heavy atom. The van der Waals surface area contributed by atoms with Gasteiger partial charge in [-0.2, -0.15) is 4.98 Å². The van der Waals surface area contributed by atoms with Gasteiger partial charge in [0.25, 0.3) is 5.91 Å². The van der Waals surface area contributed by atoms with Crippen molar-refractivity contribution in [2.45, 2.75) is 41.0 Å². The topological polar surface area (TPSA) is 55.6 Å². The Labute approximate surface area is 160 Å². The smallest absolute Gasteiger partial charge is 0.395 e. The van der Waals surface area contributed by atoms with E-state index in [2.05, 4.69) is 38.8 Å². The van der Waals surface area contributed by atoms with Crippen LogP contribution in [0.2, 0.25) is 5.02 Å². The maximum atomic E-state index is 12.7. The monoisotopic (exact) mass is 378 g/mol. The van der Waals surface area contributed by atoms with Gasteiger partial charge in [0.05, 0.1) is 0 Å². The summed E-state index contributed by atoms with van der Waals surface area (Å²) in [5, 5.41) is 0.572. The number of carbonyl (C=O) groups excluding carboxylic acids is 1. The number of likely N-dealkylation sites (N-methyl/N-ethyl adjacent to an activating group) is 1. The number of hydrogen-bond donors (Lipinski definition) is 0. The van der Waals surface area contributed by atoms with Crippen LogP contribution < -0.4 is 4.74 Å². The number of amides is 1. The average Bonchev–Trinajstić information content (AvgIpc) is 2.94. The maximum absolute atomic E-state index is 12.7. The molecule has 1 heterocycles. The Hall–Kier alpha value is -2.01. The van der Waals surface area contributed by atoms with Crippen LogP contribution in [0, 0.1) is 11.8 Å². The Bertz CT molecular complexity index is 780. The summed E-state index contributed by atoms with van der Waals surface area (Å²) in [5.41, 5.74) is 2.22. The number of oxazole rings is 1. The number of ether oxygens (including phenoxy) is 1. The van der Waals surface area contributed by atoms with Gasteiger partial charge in [0, 0.05) is 17.3 Å². The molecular weight excluding hydrogens is 352 g/mol. The summed E-state index contributed by atoms with van der Waals surface area (Å²) in [7, 11) is 0. The van der Waals surface area contributed by atoms with Gasteiger partial charge in [0.15, 0.2) is 12.2 Å². The molecular formula is C20H27ClN2O3. The Kier molecular flexibility index (Phi) is 7.09. The molecule has 2 rings (SSSR count). The van der Waals surface area contributed by atoms with Crippen molar-refractivity contribution in [3.05, 3.63) is 35.0 Å². The minimum Gasteiger partial charge on any atom is -0.440 e. The average molecular weight is 379 g/mol. The van der Waals surface area contributed by atoms with E-state index < -0.39 is 0 Å². The van der Waals surface area contributed by atoms with E-state index in [9.17, 15) is 4.79 Å². The van der Waals surface area contributed by atoms with E-state index in [1.807, 2.05) is 6.92 Å². The molecule has 5 nitrogen and oxygen atoms in total. The third-order valence-electron chi connectivity index (χ3n) is 3.76. The lowest BCUT2D eigenvalue weighted by molar-refractivity contribution is -0.131. The fourth-order valence-electron chi connectivity index (χ4n) is 2.75. The molecule has 0 unspecified atom stereocenters. The van der Waals surface area contributed by atoms with Crippen LogP contribution in [0.25, 0.3) is 11.1 Å². The van der Waals surface area contributed by atoms with Crippen molar-refractivity contribution in [1.82, 2.24) is 9.88 Å². The van der Waals surface area contributed by atoms with Crippen molar-refractivity contribution >= 4 is 28.6 Å². The predicted molar refractivity (Wildman–Crippen MR) is 104 cm³/mol. The van der Waals surface area contributed by atoms with Crippen molar-refractivity contribution < 1.29 is 13.9 Å². The second-order valence-corrected chi connectivity index (χ2v) is 7.45. The number of nitrogens with zero attached hydrogens (tertiary/aromatic N) is 2. The molecule has 1 aromatic carbocycles. The highest BCUT2D eigenvalue weighted by Gasteiger charge is 2.19. The summed E-state index contributed by atoms with van der Waals surface area (Å²) < 4.78 is 11.0. The van der Waals surface area contributed by atoms with Gasteiger partial charge in [-0.25, -0.2) is 0 Å². The molecule has 0 aliphatic carbocycles. The van der Waals surface area contributed by atoms with Gasteiger partial charge >= 0.3 is 6.08 Å². The summed E-state index contributed by atoms with van der Waals surface area (Å²) in [4.78, 5) is 18.7. The van der Waals surface area contributed by atoms with Crippen LogP contribution in [0.1, 0.15) is 41.0 Å². The highest BCUT2D eigenvalue weighted by Crippen LogP contribution is 2.24. The zero-order valence-corrected chi connectivity index (χ0v) is 16.8. The van der Waals surface area contributed by atoms with Crippen LogP contribution >= 0.6 is 11.6 Å². The number of fused-ring (bicyclic) bond motifs is 1. The zero-order chi connectivity index (χ0) is 19.3. The summed E-state index contributed by atoms with van der Waals surface area (Å²) >= 11 is 5.94. The Balaban J connectivity index is 2.09. The number of benzene rings is 1. The van der Waals surface area contributed by atoms with Crippen molar-refractivity contribution in [2.75, 3.05) is 13.2 Å². The van der Waals surface area contributed by atoms with Crippen molar-refractivity contribution in [3.63, 3.8) is 0 Å². The molecule has 0 atom stereocenters. The first kappa shape index (κ1) is 20.3. The van der Waals surface area contributed by atoms with Crippen LogP contribution in [0.15, 0.2) is 34.4 Å². The Morgan fingerprint density at radius 3 is 2.69 bits per heavy atom. The second kappa shape index (κ2) is 9.08. The van der Waals surface area contributed by atoms with Gasteiger partial charge in [-0.3, -0.25) is 4.79 Å². The van der Waals surface area contributed by atoms with E-state index >= 15 is 0 Å². The number of rotatable bonds is 8. The van der Waals surface area contributed by atoms with Gasteiger partial charge in [0.1, 0.15) is 5.52 Å². The lowest BCUT2D eigenvalue weighted by Crippen LogP contribution is -2.35. The molecule has 142 valence electrons. The van der Waals surface area contributed by atoms with Crippen LogP contribution in [0.3, 0.4) is 0 Å². The van der Waals surface area contributed by atoms with Crippen molar-refractivity contribution in [2.24, 2.45) is 11.8 Å². The molecule has 0 fully saturated rings. The lowest BCUT2D eigenvalue weighted by atomic mass is 10.0. The SMILES string of the molecule is CCN(C(=O)COc1nc2cc(Cl)ccc2o1)C(=CC(C)C)CC(C)C. The molecule has 1 amide bonds. The normalized spacial score (nSPS) is 12.2. The molecule has 0 N–H and O–H groups in total. The van der Waals surface area contributed by atoms with E-state index in [0.717, 1.165) is 12.1 Å². The minimum atomic E-state index is -0.123. The zero-order valence-electron chi connectivity index (χ0n) is 16.1. The van der Waals surface area contributed by atoms with E-state index in [1.54, 1.807) is 23.1 Å². The first-order valence-electron chi connectivity index (χ1n) is 9.00. The number of halogens is 1. The van der Waals surface area contributed by atoms with Crippen LogP contribution in [-0.2, 0) is 4.79 Å². The van der Waals surface area contributed by atoms with E-state index in [4.69, 9.17) is 20.8 Å². The lowest BCUT2D eigenvalue weighted by Gasteiger charge is -2.26. The number of carbonyl (C=O) groups is 1. The van der Waals surface area contributed by atoms with Crippen LogP contribution in [-0.4, -0.2) is 28.9 Å². The number of aromatic nitrogens is 1. The Morgan fingerprint density at radius 2 is 2.08 bits per heavy atom. The molecule has 0 radical (unpaired) electrons. The molecule has 0 aliphatic rings. The summed E-state index contributed by atoms with van der Waals surface area (Å²) in [6.45, 7) is 10.9. The third-order valence-corrected chi connectivity index (χ3v) is 3.99. The van der Waals surface area contributed by atoms with Gasteiger partial charge in [0.2, 0.25) is 0 Å².